The lowest BCUT2D eigenvalue weighted by molar-refractivity contribution is 0.0945. The van der Waals surface area contributed by atoms with Crippen molar-refractivity contribution in [3.63, 3.8) is 0 Å². The molecular formula is C19H17N5O2. The molecule has 1 fully saturated rings. The molecule has 0 radical (unpaired) electrons. The van der Waals surface area contributed by atoms with Crippen LogP contribution < -0.4 is 10.9 Å². The average molecular weight is 347 g/mol. The molecule has 0 saturated heterocycles. The van der Waals surface area contributed by atoms with Crippen LogP contribution in [0.25, 0.3) is 11.4 Å². The standard InChI is InChI=1S/C19H17N5O2/c25-17-10-16(23-18(24-17)12-7-8-12)19(26)21-11-13-4-3-6-15(22-13)14-5-1-2-9-20-14/h1-6,9-10,12H,7-8,11H2,(H,21,26)(H,23,24,25). The monoisotopic (exact) mass is 347 g/mol. The smallest absolute Gasteiger partial charge is 0.270 e. The second kappa shape index (κ2) is 6.87. The zero-order chi connectivity index (χ0) is 17.9. The minimum Gasteiger partial charge on any atom is -0.345 e. The third kappa shape index (κ3) is 3.66. The van der Waals surface area contributed by atoms with Crippen molar-refractivity contribution < 1.29 is 4.79 Å². The van der Waals surface area contributed by atoms with Gasteiger partial charge in [0.05, 0.1) is 23.6 Å². The molecular weight excluding hydrogens is 330 g/mol. The van der Waals surface area contributed by atoms with Gasteiger partial charge >= 0.3 is 0 Å². The number of pyridine rings is 2. The number of aromatic nitrogens is 4. The lowest BCUT2D eigenvalue weighted by atomic mass is 10.2. The highest BCUT2D eigenvalue weighted by Gasteiger charge is 2.27. The van der Waals surface area contributed by atoms with E-state index < -0.39 is 0 Å². The number of rotatable bonds is 5. The van der Waals surface area contributed by atoms with Gasteiger partial charge in [-0.2, -0.15) is 0 Å². The Kier molecular flexibility index (Phi) is 4.27. The Balaban J connectivity index is 1.47. The van der Waals surface area contributed by atoms with Gasteiger partial charge in [0, 0.05) is 18.2 Å². The van der Waals surface area contributed by atoms with E-state index in [-0.39, 0.29) is 29.6 Å². The van der Waals surface area contributed by atoms with Gasteiger partial charge in [-0.1, -0.05) is 12.1 Å². The Morgan fingerprint density at radius 3 is 2.73 bits per heavy atom. The summed E-state index contributed by atoms with van der Waals surface area (Å²) < 4.78 is 0. The highest BCUT2D eigenvalue weighted by atomic mass is 16.2. The predicted octanol–water partition coefficient (Wildman–Crippen LogP) is 2.03. The predicted molar refractivity (Wildman–Crippen MR) is 95.5 cm³/mol. The molecule has 1 aliphatic rings. The molecule has 3 aromatic heterocycles. The van der Waals surface area contributed by atoms with E-state index in [2.05, 4.69) is 25.3 Å². The molecule has 0 aromatic carbocycles. The first-order valence-corrected chi connectivity index (χ1v) is 8.46. The molecule has 0 atom stereocenters. The van der Waals surface area contributed by atoms with Crippen LogP contribution >= 0.6 is 0 Å². The molecule has 1 amide bonds. The maximum absolute atomic E-state index is 12.4. The van der Waals surface area contributed by atoms with Gasteiger partial charge in [0.15, 0.2) is 0 Å². The van der Waals surface area contributed by atoms with E-state index in [4.69, 9.17) is 0 Å². The minimum atomic E-state index is -0.386. The van der Waals surface area contributed by atoms with Gasteiger partial charge in [0.2, 0.25) is 0 Å². The van der Waals surface area contributed by atoms with Crippen LogP contribution in [0.5, 0.6) is 0 Å². The normalized spacial score (nSPS) is 13.4. The molecule has 0 unspecified atom stereocenters. The van der Waals surface area contributed by atoms with Crippen LogP contribution in [0.1, 0.15) is 40.8 Å². The van der Waals surface area contributed by atoms with Crippen molar-refractivity contribution in [1.82, 2.24) is 25.3 Å². The van der Waals surface area contributed by atoms with Crippen LogP contribution in [-0.2, 0) is 6.54 Å². The van der Waals surface area contributed by atoms with Gasteiger partial charge in [-0.05, 0) is 37.1 Å². The third-order valence-corrected chi connectivity index (χ3v) is 4.12. The summed E-state index contributed by atoms with van der Waals surface area (Å²) in [6, 6.07) is 12.4. The van der Waals surface area contributed by atoms with Gasteiger partial charge in [-0.3, -0.25) is 14.6 Å². The molecule has 1 saturated carbocycles. The lowest BCUT2D eigenvalue weighted by Gasteiger charge is -2.07. The van der Waals surface area contributed by atoms with Crippen LogP contribution in [0.15, 0.2) is 53.5 Å². The van der Waals surface area contributed by atoms with Crippen molar-refractivity contribution in [3.8, 4) is 11.4 Å². The molecule has 0 bridgehead atoms. The summed E-state index contributed by atoms with van der Waals surface area (Å²) in [5.74, 6) is 0.480. The van der Waals surface area contributed by atoms with E-state index >= 15 is 0 Å². The highest BCUT2D eigenvalue weighted by molar-refractivity contribution is 5.92. The first-order valence-electron chi connectivity index (χ1n) is 8.46. The Morgan fingerprint density at radius 1 is 1.12 bits per heavy atom. The first kappa shape index (κ1) is 16.1. The summed E-state index contributed by atoms with van der Waals surface area (Å²) >= 11 is 0. The fourth-order valence-corrected chi connectivity index (χ4v) is 2.64. The van der Waals surface area contributed by atoms with E-state index in [9.17, 15) is 9.59 Å². The Hall–Kier alpha value is -3.35. The molecule has 7 nitrogen and oxygen atoms in total. The Bertz CT molecular complexity index is 996. The number of H-pyrrole nitrogens is 1. The Morgan fingerprint density at radius 2 is 1.96 bits per heavy atom. The fraction of sp³-hybridized carbons (Fsp3) is 0.211. The van der Waals surface area contributed by atoms with E-state index in [1.54, 1.807) is 6.20 Å². The van der Waals surface area contributed by atoms with Gasteiger partial charge in [-0.15, -0.1) is 0 Å². The third-order valence-electron chi connectivity index (χ3n) is 4.12. The number of aromatic amines is 1. The topological polar surface area (TPSA) is 101 Å². The maximum Gasteiger partial charge on any atom is 0.270 e. The number of carbonyl (C=O) groups is 1. The molecule has 4 rings (SSSR count). The second-order valence-corrected chi connectivity index (χ2v) is 6.20. The average Bonchev–Trinajstić information content (AvgIpc) is 3.52. The van der Waals surface area contributed by atoms with Crippen LogP contribution in [0.2, 0.25) is 0 Å². The minimum absolute atomic E-state index is 0.136. The summed E-state index contributed by atoms with van der Waals surface area (Å²) in [6.45, 7) is 0.243. The Labute approximate surface area is 149 Å². The number of nitrogens with one attached hydrogen (secondary N) is 2. The highest BCUT2D eigenvalue weighted by Crippen LogP contribution is 2.37. The summed E-state index contributed by atoms with van der Waals surface area (Å²) in [4.78, 5) is 39.8. The number of nitrogens with zero attached hydrogens (tertiary/aromatic N) is 3. The quantitative estimate of drug-likeness (QED) is 0.735. The maximum atomic E-state index is 12.4. The zero-order valence-corrected chi connectivity index (χ0v) is 14.0. The molecule has 130 valence electrons. The van der Waals surface area contributed by atoms with Gasteiger partial charge in [0.1, 0.15) is 11.5 Å². The van der Waals surface area contributed by atoms with Crippen molar-refractivity contribution in [2.75, 3.05) is 0 Å². The van der Waals surface area contributed by atoms with E-state index in [1.807, 2.05) is 36.4 Å². The molecule has 26 heavy (non-hydrogen) atoms. The molecule has 1 aliphatic carbocycles. The number of amides is 1. The molecule has 2 N–H and O–H groups in total. The van der Waals surface area contributed by atoms with Crippen LogP contribution in [-0.4, -0.2) is 25.8 Å². The van der Waals surface area contributed by atoms with Crippen LogP contribution in [0.4, 0.5) is 0 Å². The molecule has 7 heteroatoms. The van der Waals surface area contributed by atoms with Crippen molar-refractivity contribution in [2.45, 2.75) is 25.3 Å². The zero-order valence-electron chi connectivity index (χ0n) is 14.0. The summed E-state index contributed by atoms with van der Waals surface area (Å²) in [5.41, 5.74) is 2.04. The van der Waals surface area contributed by atoms with Crippen LogP contribution in [0.3, 0.4) is 0 Å². The number of carbonyl (C=O) groups excluding carboxylic acids is 1. The summed E-state index contributed by atoms with van der Waals surface area (Å²) in [7, 11) is 0. The number of hydrogen-bond acceptors (Lipinski definition) is 5. The van der Waals surface area contributed by atoms with Gasteiger partial charge in [-0.25, -0.2) is 9.97 Å². The van der Waals surface area contributed by atoms with Crippen molar-refractivity contribution in [2.24, 2.45) is 0 Å². The summed E-state index contributed by atoms with van der Waals surface area (Å²) in [5, 5.41) is 2.77. The molecule has 0 aliphatic heterocycles. The van der Waals surface area contributed by atoms with Crippen molar-refractivity contribution in [1.29, 1.82) is 0 Å². The SMILES string of the molecule is O=C(NCc1cccc(-c2ccccn2)n1)c1cc(=O)[nH]c(C2CC2)n1. The van der Waals surface area contributed by atoms with E-state index in [0.717, 1.165) is 24.2 Å². The van der Waals surface area contributed by atoms with E-state index in [1.165, 1.54) is 6.07 Å². The van der Waals surface area contributed by atoms with Crippen LogP contribution in [0, 0.1) is 0 Å². The summed E-state index contributed by atoms with van der Waals surface area (Å²) in [6.07, 6.45) is 3.71. The molecule has 3 aromatic rings. The van der Waals surface area contributed by atoms with Crippen molar-refractivity contribution in [3.05, 3.63) is 76.2 Å². The fourth-order valence-electron chi connectivity index (χ4n) is 2.64. The number of hydrogen-bond donors (Lipinski definition) is 2. The second-order valence-electron chi connectivity index (χ2n) is 6.20. The van der Waals surface area contributed by atoms with E-state index in [0.29, 0.717) is 11.5 Å². The molecule has 3 heterocycles. The largest absolute Gasteiger partial charge is 0.345 e. The molecule has 0 spiro atoms. The van der Waals surface area contributed by atoms with Gasteiger partial charge in [0.25, 0.3) is 11.5 Å². The first-order chi connectivity index (χ1) is 12.7. The van der Waals surface area contributed by atoms with Gasteiger partial charge < -0.3 is 10.3 Å². The lowest BCUT2D eigenvalue weighted by Crippen LogP contribution is -2.27. The van der Waals surface area contributed by atoms with Crippen molar-refractivity contribution >= 4 is 5.91 Å².